The molecule has 0 saturated heterocycles. The molecule has 1 amide bonds. The van der Waals surface area contributed by atoms with Crippen LogP contribution in [0.1, 0.15) is 52.9 Å². The lowest BCUT2D eigenvalue weighted by atomic mass is 9.75. The molecule has 4 heteroatoms. The lowest BCUT2D eigenvalue weighted by Gasteiger charge is -2.35. The molecule has 1 saturated carbocycles. The van der Waals surface area contributed by atoms with Crippen LogP contribution in [0.4, 0.5) is 4.79 Å². The zero-order valence-electron chi connectivity index (χ0n) is 11.8. The first-order valence-electron chi connectivity index (χ1n) is 6.94. The fourth-order valence-corrected chi connectivity index (χ4v) is 2.79. The van der Waals surface area contributed by atoms with Gasteiger partial charge in [0.1, 0.15) is 5.60 Å². The van der Waals surface area contributed by atoms with Crippen molar-refractivity contribution in [3.05, 3.63) is 0 Å². The Balaban J connectivity index is 2.40. The van der Waals surface area contributed by atoms with Gasteiger partial charge in [0.2, 0.25) is 0 Å². The van der Waals surface area contributed by atoms with Crippen molar-refractivity contribution < 1.29 is 14.6 Å². The zero-order valence-corrected chi connectivity index (χ0v) is 11.8. The van der Waals surface area contributed by atoms with Gasteiger partial charge >= 0.3 is 6.09 Å². The van der Waals surface area contributed by atoms with Crippen molar-refractivity contribution in [2.24, 2.45) is 23.5 Å². The lowest BCUT2D eigenvalue weighted by molar-refractivity contribution is -0.00641. The van der Waals surface area contributed by atoms with Gasteiger partial charge in [-0.1, -0.05) is 19.8 Å². The number of aliphatic hydroxyl groups is 1. The van der Waals surface area contributed by atoms with Crippen LogP contribution in [0.25, 0.3) is 0 Å². The highest BCUT2D eigenvalue weighted by Crippen LogP contribution is 2.36. The molecule has 0 radical (unpaired) electrons. The highest BCUT2D eigenvalue weighted by atomic mass is 16.6. The molecule has 0 aromatic heterocycles. The third kappa shape index (κ3) is 4.48. The smallest absolute Gasteiger partial charge is 0.405 e. The maximum atomic E-state index is 10.9. The predicted octanol–water partition coefficient (Wildman–Crippen LogP) is 2.69. The van der Waals surface area contributed by atoms with Gasteiger partial charge in [-0.2, -0.15) is 0 Å². The molecule has 1 aliphatic rings. The van der Waals surface area contributed by atoms with E-state index >= 15 is 0 Å². The number of hydrogen-bond acceptors (Lipinski definition) is 3. The Labute approximate surface area is 110 Å². The van der Waals surface area contributed by atoms with Crippen LogP contribution < -0.4 is 5.73 Å². The minimum atomic E-state index is -0.698. The van der Waals surface area contributed by atoms with Gasteiger partial charge in [0.25, 0.3) is 0 Å². The van der Waals surface area contributed by atoms with Gasteiger partial charge in [-0.05, 0) is 50.9 Å². The molecule has 0 bridgehead atoms. The number of carbonyl (C=O) groups is 1. The number of nitrogens with two attached hydrogens (primary N) is 1. The van der Waals surface area contributed by atoms with E-state index in [-0.39, 0.29) is 0 Å². The minimum Gasteiger partial charge on any atom is -0.443 e. The van der Waals surface area contributed by atoms with Gasteiger partial charge in [0.15, 0.2) is 0 Å². The topological polar surface area (TPSA) is 72.6 Å². The summed E-state index contributed by atoms with van der Waals surface area (Å²) in [6.07, 6.45) is 4.93. The van der Waals surface area contributed by atoms with E-state index in [1.807, 2.05) is 13.8 Å². The molecule has 0 aromatic rings. The Morgan fingerprint density at radius 2 is 1.83 bits per heavy atom. The predicted molar refractivity (Wildman–Crippen MR) is 71.1 cm³/mol. The summed E-state index contributed by atoms with van der Waals surface area (Å²) in [5.41, 5.74) is 4.60. The van der Waals surface area contributed by atoms with E-state index in [1.54, 1.807) is 0 Å². The first-order chi connectivity index (χ1) is 8.35. The molecular formula is C14H27NO3. The highest BCUT2D eigenvalue weighted by molar-refractivity contribution is 5.65. The van der Waals surface area contributed by atoms with E-state index in [0.29, 0.717) is 24.4 Å². The molecule has 1 aliphatic carbocycles. The van der Waals surface area contributed by atoms with Crippen molar-refractivity contribution in [1.82, 2.24) is 0 Å². The van der Waals surface area contributed by atoms with Crippen LogP contribution in [0.5, 0.6) is 0 Å². The second kappa shape index (κ2) is 6.41. The Bertz CT molecular complexity index is 270. The Hall–Kier alpha value is -0.770. The summed E-state index contributed by atoms with van der Waals surface area (Å²) in [5, 5.41) is 9.12. The average Bonchev–Trinajstić information content (AvgIpc) is 2.28. The maximum Gasteiger partial charge on any atom is 0.405 e. The molecule has 0 heterocycles. The Morgan fingerprint density at radius 3 is 2.28 bits per heavy atom. The van der Waals surface area contributed by atoms with Crippen molar-refractivity contribution in [2.45, 2.75) is 58.5 Å². The molecule has 3 N–H and O–H groups in total. The Kier molecular flexibility index (Phi) is 5.45. The summed E-state index contributed by atoms with van der Waals surface area (Å²) in [4.78, 5) is 10.9. The Morgan fingerprint density at radius 1 is 1.33 bits per heavy atom. The molecule has 0 spiro atoms. The second-order valence-electron chi connectivity index (χ2n) is 6.23. The normalized spacial score (nSPS) is 26.7. The molecule has 1 rings (SSSR count). The SMILES string of the molecule is CC(C[C@H]1CC[C@H](CO)CC1)C(C)(C)OC(N)=O. The number of hydrogen-bond donors (Lipinski definition) is 2. The van der Waals surface area contributed by atoms with Crippen LogP contribution in [0.15, 0.2) is 0 Å². The first-order valence-corrected chi connectivity index (χ1v) is 6.94. The number of primary amides is 1. The summed E-state index contributed by atoms with van der Waals surface area (Å²) < 4.78 is 5.18. The largest absolute Gasteiger partial charge is 0.443 e. The minimum absolute atomic E-state index is 0.292. The van der Waals surface area contributed by atoms with Crippen molar-refractivity contribution in [2.75, 3.05) is 6.61 Å². The quantitative estimate of drug-likeness (QED) is 0.795. The number of carbonyl (C=O) groups excluding carboxylic acids is 1. The summed E-state index contributed by atoms with van der Waals surface area (Å²) in [6.45, 7) is 6.27. The van der Waals surface area contributed by atoms with Crippen LogP contribution >= 0.6 is 0 Å². The number of amides is 1. The van der Waals surface area contributed by atoms with Crippen LogP contribution in [-0.4, -0.2) is 23.4 Å². The monoisotopic (exact) mass is 257 g/mol. The van der Waals surface area contributed by atoms with Crippen LogP contribution in [0.3, 0.4) is 0 Å². The molecular weight excluding hydrogens is 230 g/mol. The molecule has 0 aliphatic heterocycles. The zero-order chi connectivity index (χ0) is 13.8. The highest BCUT2D eigenvalue weighted by Gasteiger charge is 2.32. The first kappa shape index (κ1) is 15.3. The lowest BCUT2D eigenvalue weighted by Crippen LogP contribution is -2.38. The fourth-order valence-electron chi connectivity index (χ4n) is 2.79. The molecule has 1 unspecified atom stereocenters. The third-order valence-electron chi connectivity index (χ3n) is 4.46. The average molecular weight is 257 g/mol. The van der Waals surface area contributed by atoms with Gasteiger partial charge in [0.05, 0.1) is 0 Å². The van der Waals surface area contributed by atoms with Crippen LogP contribution in [0, 0.1) is 17.8 Å². The van der Waals surface area contributed by atoms with E-state index in [9.17, 15) is 4.79 Å². The molecule has 1 fully saturated rings. The number of ether oxygens (including phenoxy) is 1. The molecule has 106 valence electrons. The van der Waals surface area contributed by atoms with E-state index in [4.69, 9.17) is 15.6 Å². The van der Waals surface area contributed by atoms with Gasteiger partial charge in [0, 0.05) is 6.61 Å². The summed E-state index contributed by atoms with van der Waals surface area (Å²) in [6, 6.07) is 0. The fraction of sp³-hybridized carbons (Fsp3) is 0.929. The summed E-state index contributed by atoms with van der Waals surface area (Å²) in [5.74, 6) is 1.46. The van der Waals surface area contributed by atoms with Gasteiger partial charge in [-0.15, -0.1) is 0 Å². The van der Waals surface area contributed by atoms with E-state index in [2.05, 4.69) is 6.92 Å². The van der Waals surface area contributed by atoms with Crippen LogP contribution in [0.2, 0.25) is 0 Å². The van der Waals surface area contributed by atoms with Crippen LogP contribution in [-0.2, 0) is 4.74 Å². The van der Waals surface area contributed by atoms with Gasteiger partial charge in [-0.3, -0.25) is 0 Å². The second-order valence-corrected chi connectivity index (χ2v) is 6.23. The van der Waals surface area contributed by atoms with Crippen molar-refractivity contribution >= 4 is 6.09 Å². The van der Waals surface area contributed by atoms with Crippen molar-refractivity contribution in [3.8, 4) is 0 Å². The summed E-state index contributed by atoms with van der Waals surface area (Å²) >= 11 is 0. The van der Waals surface area contributed by atoms with E-state index in [1.165, 1.54) is 12.8 Å². The third-order valence-corrected chi connectivity index (χ3v) is 4.46. The van der Waals surface area contributed by atoms with Gasteiger partial charge in [-0.25, -0.2) is 4.79 Å². The molecule has 1 atom stereocenters. The molecule has 18 heavy (non-hydrogen) atoms. The maximum absolute atomic E-state index is 10.9. The standard InChI is InChI=1S/C14H27NO3/c1-10(14(2,3)18-13(15)17)8-11-4-6-12(9-16)7-5-11/h10-12,16H,4-9H2,1-3H3,(H2,15,17)/t10?,11-,12-. The number of aliphatic hydroxyl groups excluding tert-OH is 1. The summed E-state index contributed by atoms with van der Waals surface area (Å²) in [7, 11) is 0. The molecule has 0 aromatic carbocycles. The number of rotatable bonds is 5. The van der Waals surface area contributed by atoms with E-state index in [0.717, 1.165) is 19.3 Å². The van der Waals surface area contributed by atoms with Crippen molar-refractivity contribution in [1.29, 1.82) is 0 Å². The van der Waals surface area contributed by atoms with Gasteiger partial charge < -0.3 is 15.6 Å². The molecule has 4 nitrogen and oxygen atoms in total. The van der Waals surface area contributed by atoms with Crippen molar-refractivity contribution in [3.63, 3.8) is 0 Å². The van der Waals surface area contributed by atoms with E-state index < -0.39 is 11.7 Å².